The van der Waals surface area contributed by atoms with Gasteiger partial charge in [0.05, 0.1) is 5.92 Å². The van der Waals surface area contributed by atoms with Crippen LogP contribution in [0.4, 0.5) is 0 Å². The number of carbonyl (C=O) groups is 2. The molecule has 0 radical (unpaired) electrons. The van der Waals surface area contributed by atoms with Gasteiger partial charge in [0, 0.05) is 24.0 Å². The van der Waals surface area contributed by atoms with Crippen LogP contribution < -0.4 is 0 Å². The smallest absolute Gasteiger partial charge is 0.308 e. The Morgan fingerprint density at radius 1 is 1.33 bits per heavy atom. The number of amides is 1. The lowest BCUT2D eigenvalue weighted by Gasteiger charge is -2.31. The Morgan fingerprint density at radius 3 is 2.86 bits per heavy atom. The highest BCUT2D eigenvalue weighted by Crippen LogP contribution is 2.49. The van der Waals surface area contributed by atoms with Crippen molar-refractivity contribution in [3.05, 3.63) is 34.9 Å². The number of nitrogens with zero attached hydrogens (tertiary/aromatic N) is 1. The first kappa shape index (κ1) is 14.4. The van der Waals surface area contributed by atoms with E-state index in [-0.39, 0.29) is 17.7 Å². The highest BCUT2D eigenvalue weighted by atomic mass is 35.5. The Balaban J connectivity index is 1.63. The summed E-state index contributed by atoms with van der Waals surface area (Å²) in [5.74, 6) is -0.871. The number of rotatable bonds is 3. The van der Waals surface area contributed by atoms with Gasteiger partial charge in [0.25, 0.3) is 0 Å². The highest BCUT2D eigenvalue weighted by Gasteiger charge is 2.46. The number of hydrogen-bond acceptors (Lipinski definition) is 2. The summed E-state index contributed by atoms with van der Waals surface area (Å²) in [6, 6.07) is 7.64. The second-order valence-electron chi connectivity index (χ2n) is 5.97. The van der Waals surface area contributed by atoms with Gasteiger partial charge in [0.2, 0.25) is 5.91 Å². The van der Waals surface area contributed by atoms with Crippen LogP contribution in [0, 0.1) is 11.8 Å². The molecule has 1 heterocycles. The summed E-state index contributed by atoms with van der Waals surface area (Å²) in [5, 5.41) is 9.79. The van der Waals surface area contributed by atoms with Gasteiger partial charge in [0.15, 0.2) is 0 Å². The van der Waals surface area contributed by atoms with Gasteiger partial charge in [-0.15, -0.1) is 0 Å². The van der Waals surface area contributed by atoms with Crippen LogP contribution in [0.2, 0.25) is 5.02 Å². The maximum Gasteiger partial charge on any atom is 0.308 e. The van der Waals surface area contributed by atoms with Crippen molar-refractivity contribution in [1.82, 2.24) is 4.90 Å². The van der Waals surface area contributed by atoms with Crippen molar-refractivity contribution in [1.29, 1.82) is 0 Å². The standard InChI is InChI=1S/C16H18ClNO3/c17-12-5-1-3-10(7-12)13-8-14(13)15(19)18-6-2-4-11(9-18)16(20)21/h1,3,5,7,11,13-14H,2,4,6,8-9H2,(H,20,21). The number of halogens is 1. The minimum Gasteiger partial charge on any atom is -0.481 e. The van der Waals surface area contributed by atoms with Crippen molar-refractivity contribution in [2.75, 3.05) is 13.1 Å². The Morgan fingerprint density at radius 2 is 2.14 bits per heavy atom. The molecule has 2 aliphatic rings. The van der Waals surface area contributed by atoms with Crippen LogP contribution in [-0.4, -0.2) is 35.0 Å². The van der Waals surface area contributed by atoms with Gasteiger partial charge < -0.3 is 10.0 Å². The monoisotopic (exact) mass is 307 g/mol. The molecule has 1 N–H and O–H groups in total. The number of carbonyl (C=O) groups excluding carboxylic acids is 1. The third kappa shape index (κ3) is 3.05. The molecule has 1 aliphatic heterocycles. The normalized spacial score (nSPS) is 28.2. The Kier molecular flexibility index (Phi) is 3.89. The first-order valence-electron chi connectivity index (χ1n) is 7.33. The summed E-state index contributed by atoms with van der Waals surface area (Å²) in [4.78, 5) is 25.3. The predicted molar refractivity (Wildman–Crippen MR) is 79.2 cm³/mol. The molecule has 5 heteroatoms. The van der Waals surface area contributed by atoms with E-state index in [1.165, 1.54) is 0 Å². The Bertz CT molecular complexity index is 574. The summed E-state index contributed by atoms with van der Waals surface area (Å²) >= 11 is 5.99. The van der Waals surface area contributed by atoms with E-state index in [0.717, 1.165) is 18.4 Å². The number of likely N-dealkylation sites (tertiary alicyclic amines) is 1. The molecule has 3 rings (SSSR count). The van der Waals surface area contributed by atoms with Crippen molar-refractivity contribution in [2.24, 2.45) is 11.8 Å². The third-order valence-corrected chi connectivity index (χ3v) is 4.70. The van der Waals surface area contributed by atoms with Crippen LogP contribution in [-0.2, 0) is 9.59 Å². The fourth-order valence-electron chi connectivity index (χ4n) is 3.19. The first-order valence-corrected chi connectivity index (χ1v) is 7.71. The lowest BCUT2D eigenvalue weighted by atomic mass is 9.97. The van der Waals surface area contributed by atoms with Crippen LogP contribution in [0.5, 0.6) is 0 Å². The molecule has 1 saturated heterocycles. The molecule has 3 atom stereocenters. The fraction of sp³-hybridized carbons (Fsp3) is 0.500. The molecular weight excluding hydrogens is 290 g/mol. The number of piperidine rings is 1. The zero-order valence-electron chi connectivity index (χ0n) is 11.7. The van der Waals surface area contributed by atoms with E-state index in [4.69, 9.17) is 16.7 Å². The molecule has 2 fully saturated rings. The second kappa shape index (κ2) is 5.68. The van der Waals surface area contributed by atoms with E-state index >= 15 is 0 Å². The van der Waals surface area contributed by atoms with Gasteiger partial charge in [-0.1, -0.05) is 23.7 Å². The van der Waals surface area contributed by atoms with Crippen LogP contribution in [0.25, 0.3) is 0 Å². The predicted octanol–water partition coefficient (Wildman–Crippen LogP) is 2.77. The molecule has 0 spiro atoms. The molecule has 3 unspecified atom stereocenters. The van der Waals surface area contributed by atoms with Crippen LogP contribution >= 0.6 is 11.6 Å². The molecule has 4 nitrogen and oxygen atoms in total. The molecule has 1 amide bonds. The average molecular weight is 308 g/mol. The molecule has 1 saturated carbocycles. The van der Waals surface area contributed by atoms with Crippen LogP contribution in [0.15, 0.2) is 24.3 Å². The largest absolute Gasteiger partial charge is 0.481 e. The minimum atomic E-state index is -0.797. The van der Waals surface area contributed by atoms with Gasteiger partial charge in [0.1, 0.15) is 0 Å². The van der Waals surface area contributed by atoms with Crippen molar-refractivity contribution in [2.45, 2.75) is 25.2 Å². The van der Waals surface area contributed by atoms with E-state index in [9.17, 15) is 9.59 Å². The zero-order valence-corrected chi connectivity index (χ0v) is 12.4. The van der Waals surface area contributed by atoms with Gasteiger partial charge in [-0.3, -0.25) is 9.59 Å². The highest BCUT2D eigenvalue weighted by molar-refractivity contribution is 6.30. The number of carboxylic acid groups (broad SMARTS) is 1. The average Bonchev–Trinajstić information content (AvgIpc) is 3.27. The van der Waals surface area contributed by atoms with E-state index in [1.807, 2.05) is 24.3 Å². The van der Waals surface area contributed by atoms with E-state index < -0.39 is 11.9 Å². The number of carboxylic acids is 1. The van der Waals surface area contributed by atoms with E-state index in [1.54, 1.807) is 4.90 Å². The minimum absolute atomic E-state index is 0.00369. The molecule has 21 heavy (non-hydrogen) atoms. The lowest BCUT2D eigenvalue weighted by molar-refractivity contribution is -0.146. The number of aliphatic carboxylic acids is 1. The van der Waals surface area contributed by atoms with Gasteiger partial charge in [-0.2, -0.15) is 0 Å². The van der Waals surface area contributed by atoms with E-state index in [0.29, 0.717) is 24.5 Å². The third-order valence-electron chi connectivity index (χ3n) is 4.47. The van der Waals surface area contributed by atoms with Crippen molar-refractivity contribution in [3.8, 4) is 0 Å². The lowest BCUT2D eigenvalue weighted by Crippen LogP contribution is -2.43. The van der Waals surface area contributed by atoms with Gasteiger partial charge in [-0.05, 0) is 42.9 Å². The summed E-state index contributed by atoms with van der Waals surface area (Å²) in [6.45, 7) is 1.04. The van der Waals surface area contributed by atoms with Crippen molar-refractivity contribution in [3.63, 3.8) is 0 Å². The molecule has 1 aromatic carbocycles. The van der Waals surface area contributed by atoms with Gasteiger partial charge in [-0.25, -0.2) is 0 Å². The van der Waals surface area contributed by atoms with Crippen molar-refractivity contribution >= 4 is 23.5 Å². The maximum absolute atomic E-state index is 12.5. The summed E-state index contributed by atoms with van der Waals surface area (Å²) < 4.78 is 0. The quantitative estimate of drug-likeness (QED) is 0.934. The summed E-state index contributed by atoms with van der Waals surface area (Å²) in [6.07, 6.45) is 2.28. The zero-order chi connectivity index (χ0) is 15.0. The van der Waals surface area contributed by atoms with Crippen molar-refractivity contribution < 1.29 is 14.7 Å². The molecule has 0 bridgehead atoms. The van der Waals surface area contributed by atoms with Crippen LogP contribution in [0.3, 0.4) is 0 Å². The maximum atomic E-state index is 12.5. The van der Waals surface area contributed by atoms with E-state index in [2.05, 4.69) is 0 Å². The Hall–Kier alpha value is -1.55. The number of hydrogen-bond donors (Lipinski definition) is 1. The fourth-order valence-corrected chi connectivity index (χ4v) is 3.39. The molecule has 112 valence electrons. The second-order valence-corrected chi connectivity index (χ2v) is 6.40. The first-order chi connectivity index (χ1) is 10.1. The molecule has 1 aliphatic carbocycles. The van der Waals surface area contributed by atoms with Crippen LogP contribution in [0.1, 0.15) is 30.7 Å². The number of benzene rings is 1. The topological polar surface area (TPSA) is 57.6 Å². The summed E-state index contributed by atoms with van der Waals surface area (Å²) in [7, 11) is 0. The Labute approximate surface area is 128 Å². The molecule has 1 aromatic rings. The molecular formula is C16H18ClNO3. The summed E-state index contributed by atoms with van der Waals surface area (Å²) in [5.41, 5.74) is 1.10. The SMILES string of the molecule is O=C(O)C1CCCN(C(=O)C2CC2c2cccc(Cl)c2)C1. The van der Waals surface area contributed by atoms with Gasteiger partial charge >= 0.3 is 5.97 Å². The molecule has 0 aromatic heterocycles.